The van der Waals surface area contributed by atoms with Crippen molar-refractivity contribution in [1.29, 1.82) is 0 Å². The summed E-state index contributed by atoms with van der Waals surface area (Å²) in [6, 6.07) is 9.29. The van der Waals surface area contributed by atoms with Gasteiger partial charge in [0.05, 0.1) is 17.8 Å². The van der Waals surface area contributed by atoms with Gasteiger partial charge in [-0.3, -0.25) is 14.3 Å². The zero-order chi connectivity index (χ0) is 17.5. The molecule has 1 heterocycles. The quantitative estimate of drug-likeness (QED) is 0.511. The minimum atomic E-state index is -0.238. The van der Waals surface area contributed by atoms with Crippen LogP contribution in [0.15, 0.2) is 30.3 Å². The molecule has 0 saturated carbocycles. The zero-order valence-corrected chi connectivity index (χ0v) is 16.0. The summed E-state index contributed by atoms with van der Waals surface area (Å²) in [5.41, 5.74) is 2.69. The van der Waals surface area contributed by atoms with Gasteiger partial charge in [-0.2, -0.15) is 5.10 Å². The number of hydrogen-bond donors (Lipinski definition) is 2. The van der Waals surface area contributed by atoms with E-state index in [9.17, 15) is 9.59 Å². The predicted molar refractivity (Wildman–Crippen MR) is 101 cm³/mol. The smallest absolute Gasteiger partial charge is 0.252 e. The lowest BCUT2D eigenvalue weighted by atomic mass is 10.2. The van der Waals surface area contributed by atoms with Crippen molar-refractivity contribution in [3.8, 4) is 0 Å². The molecule has 7 heteroatoms. The second kappa shape index (κ2) is 8.81. The molecule has 0 aliphatic carbocycles. The van der Waals surface area contributed by atoms with Crippen LogP contribution in [0, 0.1) is 17.4 Å². The Labute approximate surface area is 155 Å². The van der Waals surface area contributed by atoms with Crippen LogP contribution in [0.1, 0.15) is 28.2 Å². The first kappa shape index (κ1) is 18.4. The third kappa shape index (κ3) is 5.33. The van der Waals surface area contributed by atoms with Gasteiger partial charge in [0, 0.05) is 22.4 Å². The molecule has 0 aliphatic rings. The molecule has 2 aromatic rings. The molecule has 2 N–H and O–H groups in total. The molecule has 1 aromatic carbocycles. The summed E-state index contributed by atoms with van der Waals surface area (Å²) in [6.07, 6.45) is 0.790. The number of aryl methyl sites for hydroxylation is 3. The molecule has 0 aliphatic heterocycles. The fourth-order valence-corrected chi connectivity index (χ4v) is 2.95. The fourth-order valence-electron chi connectivity index (χ4n) is 2.32. The number of halogens is 1. The van der Waals surface area contributed by atoms with Crippen LogP contribution < -0.4 is 10.6 Å². The first-order valence-corrected chi connectivity index (χ1v) is 8.85. The van der Waals surface area contributed by atoms with Crippen molar-refractivity contribution in [2.24, 2.45) is 0 Å². The molecule has 6 nitrogen and oxygen atoms in total. The van der Waals surface area contributed by atoms with Gasteiger partial charge in [-0.25, -0.2) is 0 Å². The third-order valence-corrected chi connectivity index (χ3v) is 4.44. The Bertz CT molecular complexity index is 727. The second-order valence-corrected chi connectivity index (χ2v) is 6.68. The van der Waals surface area contributed by atoms with Gasteiger partial charge in [0.25, 0.3) is 5.91 Å². The summed E-state index contributed by atoms with van der Waals surface area (Å²) in [5.74, 6) is -0.430. The number of rotatable bonds is 7. The minimum Gasteiger partial charge on any atom is -0.355 e. The van der Waals surface area contributed by atoms with E-state index in [1.54, 1.807) is 12.1 Å². The van der Waals surface area contributed by atoms with Crippen LogP contribution in [0.25, 0.3) is 0 Å². The lowest BCUT2D eigenvalue weighted by Crippen LogP contribution is -2.37. The molecule has 0 radical (unpaired) electrons. The van der Waals surface area contributed by atoms with Crippen molar-refractivity contribution < 1.29 is 9.59 Å². The third-order valence-electron chi connectivity index (χ3n) is 3.50. The predicted octanol–water partition coefficient (Wildman–Crippen LogP) is 2.04. The van der Waals surface area contributed by atoms with Gasteiger partial charge in [-0.1, -0.05) is 12.1 Å². The van der Waals surface area contributed by atoms with Crippen LogP contribution in [-0.4, -0.2) is 34.7 Å². The van der Waals surface area contributed by atoms with E-state index < -0.39 is 0 Å². The number of carbonyl (C=O) groups is 2. The number of nitrogens with zero attached hydrogens (tertiary/aromatic N) is 2. The molecule has 1 aromatic heterocycles. The summed E-state index contributed by atoms with van der Waals surface area (Å²) in [5, 5.41) is 9.82. The van der Waals surface area contributed by atoms with E-state index in [4.69, 9.17) is 0 Å². The highest BCUT2D eigenvalue weighted by atomic mass is 127. The fraction of sp³-hybridized carbons (Fsp3) is 0.353. The Hall–Kier alpha value is -1.90. The lowest BCUT2D eigenvalue weighted by Gasteiger charge is -2.08. The Morgan fingerprint density at radius 1 is 1.21 bits per heavy atom. The van der Waals surface area contributed by atoms with Crippen LogP contribution in [0.4, 0.5) is 0 Å². The van der Waals surface area contributed by atoms with Crippen molar-refractivity contribution in [3.05, 3.63) is 50.9 Å². The van der Waals surface area contributed by atoms with E-state index in [1.807, 2.05) is 36.7 Å². The van der Waals surface area contributed by atoms with Gasteiger partial charge in [-0.05, 0) is 61.1 Å². The van der Waals surface area contributed by atoms with Gasteiger partial charge < -0.3 is 10.6 Å². The van der Waals surface area contributed by atoms with E-state index >= 15 is 0 Å². The number of carbonyl (C=O) groups excluding carboxylic acids is 2. The Morgan fingerprint density at radius 2 is 1.96 bits per heavy atom. The van der Waals surface area contributed by atoms with E-state index in [-0.39, 0.29) is 18.4 Å². The highest BCUT2D eigenvalue weighted by Crippen LogP contribution is 2.10. The van der Waals surface area contributed by atoms with Crippen LogP contribution in [-0.2, 0) is 11.3 Å². The molecule has 128 valence electrons. The monoisotopic (exact) mass is 440 g/mol. The van der Waals surface area contributed by atoms with Gasteiger partial charge in [-0.15, -0.1) is 0 Å². The number of nitrogens with one attached hydrogen (secondary N) is 2. The van der Waals surface area contributed by atoms with Crippen LogP contribution in [0.2, 0.25) is 0 Å². The van der Waals surface area contributed by atoms with Crippen molar-refractivity contribution in [2.75, 3.05) is 13.1 Å². The van der Waals surface area contributed by atoms with Crippen molar-refractivity contribution in [1.82, 2.24) is 20.4 Å². The molecule has 2 amide bonds. The summed E-state index contributed by atoms with van der Waals surface area (Å²) in [7, 11) is 0. The normalized spacial score (nSPS) is 10.5. The molecule has 0 fully saturated rings. The van der Waals surface area contributed by atoms with Crippen molar-refractivity contribution in [2.45, 2.75) is 26.8 Å². The zero-order valence-electron chi connectivity index (χ0n) is 13.8. The van der Waals surface area contributed by atoms with E-state index in [2.05, 4.69) is 38.3 Å². The minimum absolute atomic E-state index is 0.0241. The summed E-state index contributed by atoms with van der Waals surface area (Å²) < 4.78 is 2.79. The van der Waals surface area contributed by atoms with Gasteiger partial charge in [0.2, 0.25) is 5.91 Å². The van der Waals surface area contributed by atoms with E-state index in [0.717, 1.165) is 27.9 Å². The maximum absolute atomic E-state index is 12.0. The first-order valence-electron chi connectivity index (χ1n) is 7.78. The average molecular weight is 440 g/mol. The standard InChI is InChI=1S/C17H21IN4O2/c1-12-10-13(2)22(21-12)9-5-8-19-16(23)11-20-17(24)14-6-3-4-7-15(14)18/h3-4,6-7,10H,5,8-9,11H2,1-2H3,(H,19,23)(H,20,24). The molecule has 24 heavy (non-hydrogen) atoms. The molecular formula is C17H21IN4O2. The maximum atomic E-state index is 12.0. The van der Waals surface area contributed by atoms with E-state index in [1.165, 1.54) is 0 Å². The number of hydrogen-bond acceptors (Lipinski definition) is 3. The average Bonchev–Trinajstić information content (AvgIpc) is 2.87. The van der Waals surface area contributed by atoms with Crippen molar-refractivity contribution in [3.63, 3.8) is 0 Å². The molecule has 0 saturated heterocycles. The Morgan fingerprint density at radius 3 is 2.62 bits per heavy atom. The highest BCUT2D eigenvalue weighted by molar-refractivity contribution is 14.1. The topological polar surface area (TPSA) is 76.0 Å². The number of benzene rings is 1. The molecule has 0 spiro atoms. The van der Waals surface area contributed by atoms with Crippen LogP contribution in [0.5, 0.6) is 0 Å². The number of amides is 2. The molecule has 0 atom stereocenters. The summed E-state index contributed by atoms with van der Waals surface area (Å²) >= 11 is 2.10. The second-order valence-electron chi connectivity index (χ2n) is 5.52. The van der Waals surface area contributed by atoms with Crippen molar-refractivity contribution >= 4 is 34.4 Å². The number of aromatic nitrogens is 2. The molecular weight excluding hydrogens is 419 g/mol. The first-order chi connectivity index (χ1) is 11.5. The van der Waals surface area contributed by atoms with Gasteiger partial charge in [0.15, 0.2) is 0 Å². The Kier molecular flexibility index (Phi) is 6.77. The maximum Gasteiger partial charge on any atom is 0.252 e. The molecule has 0 unspecified atom stereocenters. The van der Waals surface area contributed by atoms with E-state index in [0.29, 0.717) is 12.1 Å². The summed E-state index contributed by atoms with van der Waals surface area (Å²) in [4.78, 5) is 23.8. The molecule has 2 rings (SSSR count). The molecule has 0 bridgehead atoms. The SMILES string of the molecule is Cc1cc(C)n(CCCNC(=O)CNC(=O)c2ccccc2I)n1. The van der Waals surface area contributed by atoms with Gasteiger partial charge >= 0.3 is 0 Å². The summed E-state index contributed by atoms with van der Waals surface area (Å²) in [6.45, 7) is 5.26. The highest BCUT2D eigenvalue weighted by Gasteiger charge is 2.10. The van der Waals surface area contributed by atoms with Gasteiger partial charge in [0.1, 0.15) is 0 Å². The largest absolute Gasteiger partial charge is 0.355 e. The Balaban J connectivity index is 1.67. The van der Waals surface area contributed by atoms with Crippen LogP contribution in [0.3, 0.4) is 0 Å². The van der Waals surface area contributed by atoms with Crippen LogP contribution >= 0.6 is 22.6 Å². The lowest BCUT2D eigenvalue weighted by molar-refractivity contribution is -0.120.